The number of aromatic nitrogens is 1. The number of halogens is 1. The Kier molecular flexibility index (Phi) is 5.25. The van der Waals surface area contributed by atoms with E-state index in [1.807, 2.05) is 0 Å². The molecule has 1 heterocycles. The Morgan fingerprint density at radius 1 is 1.44 bits per heavy atom. The summed E-state index contributed by atoms with van der Waals surface area (Å²) < 4.78 is 2.56. The van der Waals surface area contributed by atoms with Crippen molar-refractivity contribution in [3.63, 3.8) is 0 Å². The first kappa shape index (κ1) is 13.0. The molecule has 1 amide bonds. The van der Waals surface area contributed by atoms with Crippen molar-refractivity contribution in [1.82, 2.24) is 9.88 Å². The average molecular weight is 287 g/mol. The number of nitrogens with zero attached hydrogens (tertiary/aromatic N) is 1. The van der Waals surface area contributed by atoms with Gasteiger partial charge in [-0.3, -0.25) is 9.59 Å². The third kappa shape index (κ3) is 4.61. The quantitative estimate of drug-likeness (QED) is 0.835. The van der Waals surface area contributed by atoms with Crippen molar-refractivity contribution in [1.29, 1.82) is 0 Å². The van der Waals surface area contributed by atoms with E-state index in [9.17, 15) is 9.59 Å². The maximum Gasteiger partial charge on any atom is 0.250 e. The van der Waals surface area contributed by atoms with E-state index in [0.717, 1.165) is 17.3 Å². The number of unbranched alkanes of at least 4 members (excludes halogenated alkanes) is 1. The van der Waals surface area contributed by atoms with Gasteiger partial charge >= 0.3 is 0 Å². The normalized spacial score (nSPS) is 10.1. The minimum Gasteiger partial charge on any atom is -0.356 e. The molecule has 0 aliphatic heterocycles. The second-order valence-electron chi connectivity index (χ2n) is 3.57. The highest BCUT2D eigenvalue weighted by atomic mass is 79.9. The Morgan fingerprint density at radius 3 is 2.88 bits per heavy atom. The van der Waals surface area contributed by atoms with Crippen molar-refractivity contribution in [3.05, 3.63) is 33.2 Å². The Hall–Kier alpha value is -1.10. The van der Waals surface area contributed by atoms with Gasteiger partial charge in [0.1, 0.15) is 0 Å². The predicted octanol–water partition coefficient (Wildman–Crippen LogP) is 1.53. The summed E-state index contributed by atoms with van der Waals surface area (Å²) in [5.41, 5.74) is 0.00253. The largest absolute Gasteiger partial charge is 0.356 e. The lowest BCUT2D eigenvalue weighted by Crippen LogP contribution is -2.22. The summed E-state index contributed by atoms with van der Waals surface area (Å²) in [6.07, 6.45) is 3.52. The number of carbonyl (C=O) groups excluding carboxylic acids is 1. The molecule has 0 saturated heterocycles. The summed E-state index contributed by atoms with van der Waals surface area (Å²) in [6, 6.07) is 3.27. The number of carbonyl (C=O) groups is 1. The standard InChI is InChI=1S/C11H15BrN2O2/c1-9(15)13-6-2-3-7-14-8-10(12)4-5-11(14)16/h4-5,8H,2-3,6-7H2,1H3,(H,13,15). The summed E-state index contributed by atoms with van der Waals surface area (Å²) in [5, 5.41) is 2.72. The first-order chi connectivity index (χ1) is 7.59. The fourth-order valence-electron chi connectivity index (χ4n) is 1.35. The summed E-state index contributed by atoms with van der Waals surface area (Å²) in [5.74, 6) is -0.0142. The van der Waals surface area contributed by atoms with E-state index in [1.165, 1.54) is 13.0 Å². The smallest absolute Gasteiger partial charge is 0.250 e. The minimum absolute atomic E-state index is 0.00253. The Balaban J connectivity index is 2.34. The second-order valence-corrected chi connectivity index (χ2v) is 4.48. The van der Waals surface area contributed by atoms with Crippen molar-refractivity contribution >= 4 is 21.8 Å². The van der Waals surface area contributed by atoms with Crippen molar-refractivity contribution in [3.8, 4) is 0 Å². The molecular weight excluding hydrogens is 272 g/mol. The van der Waals surface area contributed by atoms with E-state index in [0.29, 0.717) is 13.1 Å². The van der Waals surface area contributed by atoms with Crippen LogP contribution in [-0.4, -0.2) is 17.0 Å². The lowest BCUT2D eigenvalue weighted by molar-refractivity contribution is -0.118. The molecule has 0 bridgehead atoms. The number of nitrogens with one attached hydrogen (secondary N) is 1. The van der Waals surface area contributed by atoms with Gasteiger partial charge in [-0.1, -0.05) is 0 Å². The van der Waals surface area contributed by atoms with E-state index in [2.05, 4.69) is 21.2 Å². The molecule has 1 aromatic heterocycles. The van der Waals surface area contributed by atoms with Crippen LogP contribution in [0.4, 0.5) is 0 Å². The lowest BCUT2D eigenvalue weighted by Gasteiger charge is -2.06. The molecular formula is C11H15BrN2O2. The third-order valence-electron chi connectivity index (χ3n) is 2.15. The molecule has 88 valence electrons. The van der Waals surface area contributed by atoms with E-state index >= 15 is 0 Å². The molecule has 0 atom stereocenters. The number of pyridine rings is 1. The molecule has 0 spiro atoms. The molecule has 1 N–H and O–H groups in total. The number of rotatable bonds is 5. The number of amides is 1. The fourth-order valence-corrected chi connectivity index (χ4v) is 1.73. The van der Waals surface area contributed by atoms with Gasteiger partial charge in [0.05, 0.1) is 0 Å². The topological polar surface area (TPSA) is 51.1 Å². The van der Waals surface area contributed by atoms with Crippen LogP contribution in [0.25, 0.3) is 0 Å². The predicted molar refractivity (Wildman–Crippen MR) is 66.3 cm³/mol. The van der Waals surface area contributed by atoms with Gasteiger partial charge in [-0.25, -0.2) is 0 Å². The van der Waals surface area contributed by atoms with Crippen molar-refractivity contribution < 1.29 is 4.79 Å². The molecule has 4 nitrogen and oxygen atoms in total. The van der Waals surface area contributed by atoms with E-state index in [-0.39, 0.29) is 11.5 Å². The van der Waals surface area contributed by atoms with E-state index in [1.54, 1.807) is 16.8 Å². The molecule has 0 radical (unpaired) electrons. The summed E-state index contributed by atoms with van der Waals surface area (Å²) in [7, 11) is 0. The zero-order chi connectivity index (χ0) is 12.0. The van der Waals surface area contributed by atoms with Crippen LogP contribution in [-0.2, 0) is 11.3 Å². The number of hydrogen-bond donors (Lipinski definition) is 1. The SMILES string of the molecule is CC(=O)NCCCCn1cc(Br)ccc1=O. The van der Waals surface area contributed by atoms with Crippen LogP contribution in [0.5, 0.6) is 0 Å². The summed E-state index contributed by atoms with van der Waals surface area (Å²) in [4.78, 5) is 22.0. The molecule has 0 aliphatic carbocycles. The molecule has 0 aliphatic rings. The Morgan fingerprint density at radius 2 is 2.19 bits per heavy atom. The van der Waals surface area contributed by atoms with E-state index < -0.39 is 0 Å². The van der Waals surface area contributed by atoms with Gasteiger partial charge in [-0.05, 0) is 34.8 Å². The second kappa shape index (κ2) is 6.48. The van der Waals surface area contributed by atoms with Crippen LogP contribution >= 0.6 is 15.9 Å². The maximum absolute atomic E-state index is 11.4. The molecule has 16 heavy (non-hydrogen) atoms. The van der Waals surface area contributed by atoms with Gasteiger partial charge in [0.25, 0.3) is 5.56 Å². The highest BCUT2D eigenvalue weighted by molar-refractivity contribution is 9.10. The zero-order valence-corrected chi connectivity index (χ0v) is 10.8. The van der Waals surface area contributed by atoms with Crippen LogP contribution in [0, 0.1) is 0 Å². The molecule has 0 fully saturated rings. The third-order valence-corrected chi connectivity index (χ3v) is 2.62. The monoisotopic (exact) mass is 286 g/mol. The lowest BCUT2D eigenvalue weighted by atomic mass is 10.3. The van der Waals surface area contributed by atoms with Gasteiger partial charge in [-0.2, -0.15) is 0 Å². The molecule has 0 saturated carbocycles. The van der Waals surface area contributed by atoms with Gasteiger partial charge < -0.3 is 9.88 Å². The van der Waals surface area contributed by atoms with Crippen molar-refractivity contribution in [2.24, 2.45) is 0 Å². The fraction of sp³-hybridized carbons (Fsp3) is 0.455. The molecule has 1 aromatic rings. The van der Waals surface area contributed by atoms with Gasteiger partial charge in [0, 0.05) is 36.7 Å². The number of aryl methyl sites for hydroxylation is 1. The zero-order valence-electron chi connectivity index (χ0n) is 9.20. The van der Waals surface area contributed by atoms with Crippen molar-refractivity contribution in [2.75, 3.05) is 6.54 Å². The highest BCUT2D eigenvalue weighted by Gasteiger charge is 1.97. The van der Waals surface area contributed by atoms with Gasteiger partial charge in [-0.15, -0.1) is 0 Å². The van der Waals surface area contributed by atoms with Crippen LogP contribution in [0.1, 0.15) is 19.8 Å². The van der Waals surface area contributed by atoms with Crippen LogP contribution in [0.2, 0.25) is 0 Å². The first-order valence-corrected chi connectivity index (χ1v) is 5.99. The molecule has 1 rings (SSSR count). The molecule has 0 aromatic carbocycles. The van der Waals surface area contributed by atoms with Crippen LogP contribution in [0.3, 0.4) is 0 Å². The summed E-state index contributed by atoms with van der Waals surface area (Å²) >= 11 is 3.32. The number of hydrogen-bond acceptors (Lipinski definition) is 2. The van der Waals surface area contributed by atoms with Crippen LogP contribution in [0.15, 0.2) is 27.6 Å². The van der Waals surface area contributed by atoms with E-state index in [4.69, 9.17) is 0 Å². The highest BCUT2D eigenvalue weighted by Crippen LogP contribution is 2.05. The molecule has 5 heteroatoms. The minimum atomic E-state index is -0.0142. The summed E-state index contributed by atoms with van der Waals surface area (Å²) in [6.45, 7) is 2.84. The first-order valence-electron chi connectivity index (χ1n) is 5.20. The van der Waals surface area contributed by atoms with Crippen LogP contribution < -0.4 is 10.9 Å². The average Bonchev–Trinajstić information content (AvgIpc) is 2.22. The van der Waals surface area contributed by atoms with Crippen molar-refractivity contribution in [2.45, 2.75) is 26.3 Å². The Labute approximate surface area is 103 Å². The maximum atomic E-state index is 11.4. The molecule has 0 unspecified atom stereocenters. The van der Waals surface area contributed by atoms with Gasteiger partial charge in [0.15, 0.2) is 0 Å². The Bertz CT molecular complexity index is 415. The van der Waals surface area contributed by atoms with Gasteiger partial charge in [0.2, 0.25) is 5.91 Å².